The number of rotatable bonds is 2. The summed E-state index contributed by atoms with van der Waals surface area (Å²) in [5, 5.41) is 10.5. The summed E-state index contributed by atoms with van der Waals surface area (Å²) < 4.78 is 5.24. The van der Waals surface area contributed by atoms with Crippen molar-refractivity contribution in [2.45, 2.75) is 12.0 Å². The quantitative estimate of drug-likeness (QED) is 0.885. The van der Waals surface area contributed by atoms with Crippen molar-refractivity contribution in [1.29, 1.82) is 0 Å². The minimum Gasteiger partial charge on any atom is -0.497 e. The van der Waals surface area contributed by atoms with Crippen LogP contribution in [0.5, 0.6) is 5.75 Å². The molecule has 0 fully saturated rings. The van der Waals surface area contributed by atoms with Crippen molar-refractivity contribution in [3.8, 4) is 5.75 Å². The molecule has 2 nitrogen and oxygen atoms in total. The van der Waals surface area contributed by atoms with E-state index in [1.54, 1.807) is 7.11 Å². The Labute approximate surface area is 113 Å². The molecule has 1 aliphatic rings. The molecule has 0 saturated heterocycles. The largest absolute Gasteiger partial charge is 0.497 e. The number of hydrogen-bond acceptors (Lipinski definition) is 2. The van der Waals surface area contributed by atoms with Gasteiger partial charge in [-0.3, -0.25) is 0 Å². The highest BCUT2D eigenvalue weighted by Crippen LogP contribution is 2.39. The van der Waals surface area contributed by atoms with Gasteiger partial charge >= 0.3 is 0 Å². The predicted octanol–water partition coefficient (Wildman–Crippen LogP) is 3.54. The van der Waals surface area contributed by atoms with Crippen molar-refractivity contribution in [2.75, 3.05) is 7.11 Å². The van der Waals surface area contributed by atoms with E-state index in [0.717, 1.165) is 22.4 Å². The molecule has 0 heterocycles. The third-order valence-corrected chi connectivity index (χ3v) is 3.62. The molecule has 3 rings (SSSR count). The Kier molecular flexibility index (Phi) is 3.10. The molecule has 0 saturated carbocycles. The van der Waals surface area contributed by atoms with Crippen molar-refractivity contribution < 1.29 is 9.84 Å². The summed E-state index contributed by atoms with van der Waals surface area (Å²) in [6.45, 7) is 0. The number of aliphatic hydroxyl groups is 1. The van der Waals surface area contributed by atoms with Crippen LogP contribution in [-0.2, 0) is 0 Å². The van der Waals surface area contributed by atoms with Crippen LogP contribution in [0.25, 0.3) is 6.08 Å². The van der Waals surface area contributed by atoms with Crippen LogP contribution >= 0.6 is 0 Å². The Bertz CT molecular complexity index is 616. The molecule has 1 N–H and O–H groups in total. The summed E-state index contributed by atoms with van der Waals surface area (Å²) in [6, 6.07) is 15.8. The van der Waals surface area contributed by atoms with E-state index in [2.05, 4.69) is 12.2 Å². The first-order valence-corrected chi connectivity index (χ1v) is 6.39. The fraction of sp³-hybridized carbons (Fsp3) is 0.176. The van der Waals surface area contributed by atoms with Crippen molar-refractivity contribution >= 4 is 6.08 Å². The van der Waals surface area contributed by atoms with Crippen LogP contribution in [0.2, 0.25) is 0 Å². The molecule has 2 aromatic carbocycles. The number of ether oxygens (including phenoxy) is 1. The first-order valence-electron chi connectivity index (χ1n) is 6.39. The van der Waals surface area contributed by atoms with Gasteiger partial charge in [-0.1, -0.05) is 48.6 Å². The summed E-state index contributed by atoms with van der Waals surface area (Å²) in [5.74, 6) is 0.793. The molecule has 1 aliphatic carbocycles. The smallest absolute Gasteiger partial charge is 0.119 e. The van der Waals surface area contributed by atoms with Gasteiger partial charge in [0.05, 0.1) is 13.2 Å². The molecule has 0 amide bonds. The predicted molar refractivity (Wildman–Crippen MR) is 76.2 cm³/mol. The second kappa shape index (κ2) is 4.90. The lowest BCUT2D eigenvalue weighted by Gasteiger charge is -2.26. The van der Waals surface area contributed by atoms with Gasteiger partial charge in [0.1, 0.15) is 5.75 Å². The molecule has 0 unspecified atom stereocenters. The third-order valence-electron chi connectivity index (χ3n) is 3.62. The van der Waals surface area contributed by atoms with Crippen molar-refractivity contribution in [1.82, 2.24) is 0 Å². The van der Waals surface area contributed by atoms with Gasteiger partial charge in [0.15, 0.2) is 0 Å². The zero-order valence-corrected chi connectivity index (χ0v) is 10.8. The maximum absolute atomic E-state index is 10.5. The van der Waals surface area contributed by atoms with Crippen molar-refractivity contribution in [3.63, 3.8) is 0 Å². The summed E-state index contributed by atoms with van der Waals surface area (Å²) in [5.41, 5.74) is 3.14. The van der Waals surface area contributed by atoms with Crippen LogP contribution in [0.4, 0.5) is 0 Å². The molecule has 0 radical (unpaired) electrons. The zero-order chi connectivity index (χ0) is 13.2. The Hall–Kier alpha value is -2.06. The van der Waals surface area contributed by atoms with Crippen LogP contribution in [0.15, 0.2) is 54.6 Å². The van der Waals surface area contributed by atoms with E-state index < -0.39 is 6.10 Å². The second-order valence-corrected chi connectivity index (χ2v) is 4.74. The molecule has 2 atom stereocenters. The number of benzene rings is 2. The molecule has 0 aromatic heterocycles. The normalized spacial score (nSPS) is 20.9. The molecule has 0 spiro atoms. The van der Waals surface area contributed by atoms with Gasteiger partial charge in [-0.15, -0.1) is 0 Å². The van der Waals surface area contributed by atoms with E-state index in [9.17, 15) is 5.11 Å². The van der Waals surface area contributed by atoms with Crippen LogP contribution in [-0.4, -0.2) is 12.2 Å². The highest BCUT2D eigenvalue weighted by Gasteiger charge is 2.25. The SMILES string of the molecule is COc1cccc([C@@H]2C=Cc3ccccc3[C@@H]2O)c1. The average molecular weight is 252 g/mol. The Morgan fingerprint density at radius 3 is 2.74 bits per heavy atom. The van der Waals surface area contributed by atoms with Gasteiger partial charge in [-0.05, 0) is 28.8 Å². The number of methoxy groups -OCH3 is 1. The highest BCUT2D eigenvalue weighted by atomic mass is 16.5. The minimum absolute atomic E-state index is 0.0231. The summed E-state index contributed by atoms with van der Waals surface area (Å²) in [7, 11) is 1.65. The van der Waals surface area contributed by atoms with Crippen LogP contribution in [0.1, 0.15) is 28.7 Å². The molecule has 2 aromatic rings. The lowest BCUT2D eigenvalue weighted by atomic mass is 9.83. The molecule has 19 heavy (non-hydrogen) atoms. The summed E-state index contributed by atoms with van der Waals surface area (Å²) in [6.07, 6.45) is 3.63. The standard InChI is InChI=1S/C17H16O2/c1-19-14-7-4-6-13(11-14)16-10-9-12-5-2-3-8-15(12)17(16)18/h2-11,16-18H,1H3/t16-,17-/m0/s1. The van der Waals surface area contributed by atoms with Gasteiger partial charge in [-0.2, -0.15) is 0 Å². The van der Waals surface area contributed by atoms with Crippen LogP contribution < -0.4 is 4.74 Å². The summed E-state index contributed by atoms with van der Waals surface area (Å²) >= 11 is 0. The van der Waals surface area contributed by atoms with Crippen molar-refractivity contribution in [2.24, 2.45) is 0 Å². The molecule has 96 valence electrons. The van der Waals surface area contributed by atoms with E-state index in [1.807, 2.05) is 48.5 Å². The van der Waals surface area contributed by atoms with E-state index in [0.29, 0.717) is 0 Å². The van der Waals surface area contributed by atoms with Gasteiger partial charge in [0, 0.05) is 5.92 Å². The minimum atomic E-state index is -0.506. The molecular formula is C17H16O2. The first kappa shape index (κ1) is 12.0. The van der Waals surface area contributed by atoms with Crippen LogP contribution in [0.3, 0.4) is 0 Å². The monoisotopic (exact) mass is 252 g/mol. The maximum Gasteiger partial charge on any atom is 0.119 e. The van der Waals surface area contributed by atoms with Gasteiger partial charge < -0.3 is 9.84 Å². The topological polar surface area (TPSA) is 29.5 Å². The van der Waals surface area contributed by atoms with E-state index in [1.165, 1.54) is 0 Å². The zero-order valence-electron chi connectivity index (χ0n) is 10.8. The number of hydrogen-bond donors (Lipinski definition) is 1. The first-order chi connectivity index (χ1) is 9.29. The van der Waals surface area contributed by atoms with Gasteiger partial charge in [-0.25, -0.2) is 0 Å². The fourth-order valence-corrected chi connectivity index (χ4v) is 2.58. The maximum atomic E-state index is 10.5. The van der Waals surface area contributed by atoms with Gasteiger partial charge in [0.2, 0.25) is 0 Å². The Morgan fingerprint density at radius 2 is 1.89 bits per heavy atom. The highest BCUT2D eigenvalue weighted by molar-refractivity contribution is 5.60. The Balaban J connectivity index is 2.00. The van der Waals surface area contributed by atoms with Crippen molar-refractivity contribution in [3.05, 3.63) is 71.3 Å². The van der Waals surface area contributed by atoms with E-state index in [4.69, 9.17) is 4.74 Å². The Morgan fingerprint density at radius 1 is 1.05 bits per heavy atom. The van der Waals surface area contributed by atoms with E-state index >= 15 is 0 Å². The van der Waals surface area contributed by atoms with Gasteiger partial charge in [0.25, 0.3) is 0 Å². The third kappa shape index (κ3) is 2.15. The molecule has 0 bridgehead atoms. The number of aliphatic hydroxyl groups excluding tert-OH is 1. The average Bonchev–Trinajstić information content (AvgIpc) is 2.48. The molecule has 2 heteroatoms. The lowest BCUT2D eigenvalue weighted by molar-refractivity contribution is 0.160. The van der Waals surface area contributed by atoms with E-state index in [-0.39, 0.29) is 5.92 Å². The summed E-state index contributed by atoms with van der Waals surface area (Å²) in [4.78, 5) is 0. The second-order valence-electron chi connectivity index (χ2n) is 4.74. The molecular weight excluding hydrogens is 236 g/mol. The molecule has 0 aliphatic heterocycles. The van der Waals surface area contributed by atoms with Crippen LogP contribution in [0, 0.1) is 0 Å². The fourth-order valence-electron chi connectivity index (χ4n) is 2.58. The number of fused-ring (bicyclic) bond motifs is 1. The lowest BCUT2D eigenvalue weighted by Crippen LogP contribution is -2.13.